The van der Waals surface area contributed by atoms with E-state index in [9.17, 15) is 22.8 Å². The molecule has 0 spiro atoms. The van der Waals surface area contributed by atoms with E-state index in [4.69, 9.17) is 16.3 Å². The van der Waals surface area contributed by atoms with Gasteiger partial charge in [0.2, 0.25) is 15.9 Å². The number of benzene rings is 1. The van der Waals surface area contributed by atoms with Gasteiger partial charge in [-0.15, -0.1) is 0 Å². The molecule has 30 heavy (non-hydrogen) atoms. The van der Waals surface area contributed by atoms with Crippen LogP contribution >= 0.6 is 11.6 Å². The number of sulfonamides is 1. The average Bonchev–Trinajstić information content (AvgIpc) is 2.67. The van der Waals surface area contributed by atoms with Crippen LogP contribution in [-0.4, -0.2) is 48.8 Å². The maximum absolute atomic E-state index is 13.0. The zero-order chi connectivity index (χ0) is 22.1. The molecule has 1 aromatic carbocycles. The van der Waals surface area contributed by atoms with Crippen molar-refractivity contribution in [2.24, 2.45) is 5.92 Å². The molecule has 0 aliphatic carbocycles. The van der Waals surface area contributed by atoms with Crippen molar-refractivity contribution in [2.75, 3.05) is 25.5 Å². The van der Waals surface area contributed by atoms with Gasteiger partial charge in [-0.25, -0.2) is 13.2 Å². The van der Waals surface area contributed by atoms with E-state index in [1.807, 2.05) is 4.98 Å². The highest BCUT2D eigenvalue weighted by atomic mass is 35.5. The Balaban J connectivity index is 1.79. The third-order valence-corrected chi connectivity index (χ3v) is 7.16. The van der Waals surface area contributed by atoms with E-state index in [0.717, 1.165) is 4.31 Å². The van der Waals surface area contributed by atoms with Crippen molar-refractivity contribution in [3.05, 3.63) is 49.8 Å². The van der Waals surface area contributed by atoms with E-state index in [0.29, 0.717) is 29.3 Å². The van der Waals surface area contributed by atoms with Gasteiger partial charge >= 0.3 is 5.69 Å². The molecular weight excluding hydrogens is 436 g/mol. The van der Waals surface area contributed by atoms with Gasteiger partial charge in [0.25, 0.3) is 5.56 Å². The lowest BCUT2D eigenvalue weighted by Crippen LogP contribution is -2.45. The summed E-state index contributed by atoms with van der Waals surface area (Å²) >= 11 is 6.07. The maximum atomic E-state index is 13.0. The average molecular weight is 457 g/mol. The van der Waals surface area contributed by atoms with Crippen LogP contribution in [0.3, 0.4) is 0 Å². The molecule has 3 rings (SSSR count). The SMILES string of the molecule is COc1ccc(NC(=O)[C@H]2CCCN(S(=O)(=O)c3c(C)[nH]c(=O)[nH]c3=O)C2)cc1Cl. The Kier molecular flexibility index (Phi) is 6.34. The molecule has 10 nitrogen and oxygen atoms in total. The molecule has 1 aliphatic rings. The summed E-state index contributed by atoms with van der Waals surface area (Å²) in [6, 6.07) is 4.78. The molecule has 0 bridgehead atoms. The highest BCUT2D eigenvalue weighted by Gasteiger charge is 2.36. The number of piperidine rings is 1. The summed E-state index contributed by atoms with van der Waals surface area (Å²) in [4.78, 5) is 39.9. The van der Waals surface area contributed by atoms with Crippen LogP contribution in [0.5, 0.6) is 5.75 Å². The molecule has 1 saturated heterocycles. The zero-order valence-electron chi connectivity index (χ0n) is 16.3. The number of halogens is 1. The molecule has 2 heterocycles. The lowest BCUT2D eigenvalue weighted by Gasteiger charge is -2.31. The molecule has 2 aromatic rings. The number of H-pyrrole nitrogens is 2. The quantitative estimate of drug-likeness (QED) is 0.614. The Morgan fingerprint density at radius 3 is 2.67 bits per heavy atom. The van der Waals surface area contributed by atoms with Gasteiger partial charge in [0.15, 0.2) is 4.90 Å². The van der Waals surface area contributed by atoms with Gasteiger partial charge < -0.3 is 15.0 Å². The predicted molar refractivity (Wildman–Crippen MR) is 111 cm³/mol. The van der Waals surface area contributed by atoms with Crippen LogP contribution in [0.1, 0.15) is 18.5 Å². The van der Waals surface area contributed by atoms with Crippen LogP contribution in [-0.2, 0) is 14.8 Å². The number of aromatic nitrogens is 2. The fourth-order valence-electron chi connectivity index (χ4n) is 3.39. The maximum Gasteiger partial charge on any atom is 0.325 e. The lowest BCUT2D eigenvalue weighted by atomic mass is 9.98. The summed E-state index contributed by atoms with van der Waals surface area (Å²) in [5.41, 5.74) is -1.37. The number of hydrogen-bond donors (Lipinski definition) is 3. The second-order valence-electron chi connectivity index (χ2n) is 6.90. The van der Waals surface area contributed by atoms with Crippen LogP contribution in [0.2, 0.25) is 5.02 Å². The van der Waals surface area contributed by atoms with Crippen molar-refractivity contribution in [1.82, 2.24) is 14.3 Å². The van der Waals surface area contributed by atoms with Gasteiger partial charge in [-0.2, -0.15) is 4.31 Å². The van der Waals surface area contributed by atoms with Gasteiger partial charge in [-0.1, -0.05) is 11.6 Å². The number of carbonyl (C=O) groups is 1. The number of aryl methyl sites for hydroxylation is 1. The fraction of sp³-hybridized carbons (Fsp3) is 0.389. The lowest BCUT2D eigenvalue weighted by molar-refractivity contribution is -0.120. The van der Waals surface area contributed by atoms with E-state index in [1.54, 1.807) is 18.2 Å². The number of ether oxygens (including phenoxy) is 1. The summed E-state index contributed by atoms with van der Waals surface area (Å²) in [6.07, 6.45) is 0.934. The number of hydrogen-bond acceptors (Lipinski definition) is 6. The number of nitrogens with one attached hydrogen (secondary N) is 3. The minimum Gasteiger partial charge on any atom is -0.495 e. The topological polar surface area (TPSA) is 141 Å². The first-order valence-electron chi connectivity index (χ1n) is 9.11. The Morgan fingerprint density at radius 1 is 1.30 bits per heavy atom. The number of nitrogens with zero attached hydrogens (tertiary/aromatic N) is 1. The van der Waals surface area contributed by atoms with Crippen molar-refractivity contribution in [2.45, 2.75) is 24.7 Å². The molecule has 0 unspecified atom stereocenters. The highest BCUT2D eigenvalue weighted by Crippen LogP contribution is 2.28. The largest absolute Gasteiger partial charge is 0.495 e. The molecule has 1 aromatic heterocycles. The minimum absolute atomic E-state index is 0.0526. The number of rotatable bonds is 5. The van der Waals surface area contributed by atoms with Crippen LogP contribution in [0.25, 0.3) is 0 Å². The van der Waals surface area contributed by atoms with Crippen molar-refractivity contribution < 1.29 is 17.9 Å². The highest BCUT2D eigenvalue weighted by molar-refractivity contribution is 7.89. The van der Waals surface area contributed by atoms with E-state index in [1.165, 1.54) is 14.0 Å². The first-order chi connectivity index (χ1) is 14.1. The molecule has 0 radical (unpaired) electrons. The number of methoxy groups -OCH3 is 1. The van der Waals surface area contributed by atoms with Crippen molar-refractivity contribution >= 4 is 33.2 Å². The number of carbonyl (C=O) groups excluding carboxylic acids is 1. The van der Waals surface area contributed by atoms with Gasteiger partial charge in [0.05, 0.1) is 18.1 Å². The standard InChI is InChI=1S/C18H21ClN4O6S/c1-10-15(17(25)22-18(26)20-10)30(27,28)23-7-3-4-11(9-23)16(24)21-12-5-6-14(29-2)13(19)8-12/h5-6,8,11H,3-4,7,9H2,1-2H3,(H,21,24)(H2,20,22,25,26)/t11-/m0/s1. The van der Waals surface area contributed by atoms with E-state index >= 15 is 0 Å². The summed E-state index contributed by atoms with van der Waals surface area (Å²) in [7, 11) is -2.72. The Bertz CT molecular complexity index is 1190. The van der Waals surface area contributed by atoms with Crippen LogP contribution < -0.4 is 21.3 Å². The third-order valence-electron chi connectivity index (χ3n) is 4.85. The smallest absolute Gasteiger partial charge is 0.325 e. The van der Waals surface area contributed by atoms with Crippen LogP contribution in [0.4, 0.5) is 5.69 Å². The van der Waals surface area contributed by atoms with E-state index in [-0.39, 0.29) is 24.7 Å². The van der Waals surface area contributed by atoms with Crippen molar-refractivity contribution in [3.8, 4) is 5.75 Å². The molecule has 0 saturated carbocycles. The second-order valence-corrected chi connectivity index (χ2v) is 9.19. The van der Waals surface area contributed by atoms with Gasteiger partial charge in [0, 0.05) is 24.5 Å². The third kappa shape index (κ3) is 4.42. The van der Waals surface area contributed by atoms with Crippen LogP contribution in [0.15, 0.2) is 32.7 Å². The van der Waals surface area contributed by atoms with Crippen molar-refractivity contribution in [1.29, 1.82) is 0 Å². The number of aromatic amines is 2. The van der Waals surface area contributed by atoms with E-state index < -0.39 is 32.1 Å². The van der Waals surface area contributed by atoms with Crippen LogP contribution in [0, 0.1) is 12.8 Å². The van der Waals surface area contributed by atoms with Crippen molar-refractivity contribution in [3.63, 3.8) is 0 Å². The molecule has 1 amide bonds. The summed E-state index contributed by atoms with van der Waals surface area (Å²) < 4.78 is 32.2. The van der Waals surface area contributed by atoms with Gasteiger partial charge in [0.1, 0.15) is 5.75 Å². The molecule has 12 heteroatoms. The Labute approximate surface area is 177 Å². The summed E-state index contributed by atoms with van der Waals surface area (Å²) in [5.74, 6) is -0.508. The molecule has 1 fully saturated rings. The molecule has 1 atom stereocenters. The molecule has 162 valence electrons. The predicted octanol–water partition coefficient (Wildman–Crippen LogP) is 1.07. The second kappa shape index (κ2) is 8.62. The molecular formula is C18H21ClN4O6S. The van der Waals surface area contributed by atoms with E-state index in [2.05, 4.69) is 10.3 Å². The zero-order valence-corrected chi connectivity index (χ0v) is 17.9. The van der Waals surface area contributed by atoms with Gasteiger partial charge in [-0.05, 0) is 38.0 Å². The Morgan fingerprint density at radius 2 is 2.03 bits per heavy atom. The number of anilines is 1. The summed E-state index contributed by atoms with van der Waals surface area (Å²) in [5, 5.41) is 3.06. The number of amides is 1. The monoisotopic (exact) mass is 456 g/mol. The van der Waals surface area contributed by atoms with Gasteiger partial charge in [-0.3, -0.25) is 14.6 Å². The molecule has 1 aliphatic heterocycles. The molecule has 3 N–H and O–H groups in total. The fourth-order valence-corrected chi connectivity index (χ4v) is 5.38. The normalized spacial score (nSPS) is 17.5. The Hall–Kier alpha value is -2.63. The summed E-state index contributed by atoms with van der Waals surface area (Å²) in [6.45, 7) is 1.42. The first kappa shape index (κ1) is 22.1. The minimum atomic E-state index is -4.19. The first-order valence-corrected chi connectivity index (χ1v) is 10.9.